The summed E-state index contributed by atoms with van der Waals surface area (Å²) < 4.78 is 20.0. The number of rotatable bonds is 7. The summed E-state index contributed by atoms with van der Waals surface area (Å²) in [7, 11) is 0. The van der Waals surface area contributed by atoms with Gasteiger partial charge in [-0.2, -0.15) is 0 Å². The number of carbonyl (C=O) groups excluding carboxylic acids is 2. The molecule has 0 radical (unpaired) electrons. The molecule has 0 saturated carbocycles. The van der Waals surface area contributed by atoms with Crippen LogP contribution in [0.2, 0.25) is 5.02 Å². The molecular formula is C24H16ClFN2O5S. The molecule has 1 aliphatic heterocycles. The number of non-ortho nitro benzene ring substituents is 1. The number of carbonyl (C=O) groups is 2. The number of imide groups is 1. The van der Waals surface area contributed by atoms with E-state index in [1.54, 1.807) is 42.5 Å². The zero-order chi connectivity index (χ0) is 24.2. The number of nitrogens with zero attached hydrogens (tertiary/aromatic N) is 2. The van der Waals surface area contributed by atoms with Crippen molar-refractivity contribution >= 4 is 46.3 Å². The first-order chi connectivity index (χ1) is 16.3. The van der Waals surface area contributed by atoms with Crippen LogP contribution in [0.25, 0.3) is 6.08 Å². The van der Waals surface area contributed by atoms with Crippen LogP contribution in [-0.4, -0.2) is 21.0 Å². The molecule has 1 heterocycles. The number of nitro groups is 1. The molecule has 0 aromatic heterocycles. The zero-order valence-corrected chi connectivity index (χ0v) is 19.0. The Bertz CT molecular complexity index is 1290. The van der Waals surface area contributed by atoms with Gasteiger partial charge >= 0.3 is 0 Å². The monoisotopic (exact) mass is 498 g/mol. The predicted octanol–water partition coefficient (Wildman–Crippen LogP) is 6.20. The van der Waals surface area contributed by atoms with Crippen LogP contribution in [-0.2, 0) is 17.9 Å². The lowest BCUT2D eigenvalue weighted by atomic mass is 10.1. The van der Waals surface area contributed by atoms with Crippen LogP contribution >= 0.6 is 23.4 Å². The molecule has 0 aliphatic carbocycles. The third-order valence-electron chi connectivity index (χ3n) is 5.00. The lowest BCUT2D eigenvalue weighted by molar-refractivity contribution is -0.384. The summed E-state index contributed by atoms with van der Waals surface area (Å²) in [6, 6.07) is 17.1. The van der Waals surface area contributed by atoms with Gasteiger partial charge < -0.3 is 4.74 Å². The van der Waals surface area contributed by atoms with Crippen LogP contribution in [0, 0.1) is 15.9 Å². The highest BCUT2D eigenvalue weighted by atomic mass is 35.5. The third kappa shape index (κ3) is 5.11. The number of hydrogen-bond acceptors (Lipinski definition) is 6. The minimum Gasteiger partial charge on any atom is -0.488 e. The summed E-state index contributed by atoms with van der Waals surface area (Å²) in [6.07, 6.45) is 1.54. The van der Waals surface area contributed by atoms with Gasteiger partial charge in [-0.25, -0.2) is 4.39 Å². The molecule has 0 bridgehead atoms. The van der Waals surface area contributed by atoms with Gasteiger partial charge in [-0.3, -0.25) is 24.6 Å². The van der Waals surface area contributed by atoms with E-state index < -0.39 is 21.9 Å². The van der Waals surface area contributed by atoms with Crippen molar-refractivity contribution < 1.29 is 23.6 Å². The second-order valence-electron chi connectivity index (χ2n) is 7.22. The number of nitro benzene ring substituents is 1. The fourth-order valence-corrected chi connectivity index (χ4v) is 4.28. The average Bonchev–Trinajstić information content (AvgIpc) is 3.08. The number of ether oxygens (including phenoxy) is 1. The van der Waals surface area contributed by atoms with E-state index in [0.29, 0.717) is 11.3 Å². The summed E-state index contributed by atoms with van der Waals surface area (Å²) in [4.78, 5) is 36.8. The molecule has 0 atom stereocenters. The van der Waals surface area contributed by atoms with Gasteiger partial charge in [0.05, 0.1) is 16.4 Å². The Morgan fingerprint density at radius 3 is 2.50 bits per heavy atom. The van der Waals surface area contributed by atoms with Crippen molar-refractivity contribution in [1.82, 2.24) is 4.90 Å². The molecule has 0 spiro atoms. The van der Waals surface area contributed by atoms with Crippen molar-refractivity contribution in [2.75, 3.05) is 0 Å². The second-order valence-corrected chi connectivity index (χ2v) is 8.62. The molecule has 172 valence electrons. The number of benzene rings is 3. The van der Waals surface area contributed by atoms with Gasteiger partial charge in [0, 0.05) is 28.3 Å². The first-order valence-electron chi connectivity index (χ1n) is 9.97. The first-order valence-corrected chi connectivity index (χ1v) is 11.2. The van der Waals surface area contributed by atoms with Crippen molar-refractivity contribution in [1.29, 1.82) is 0 Å². The van der Waals surface area contributed by atoms with E-state index in [2.05, 4.69) is 0 Å². The van der Waals surface area contributed by atoms with E-state index in [-0.39, 0.29) is 34.3 Å². The highest BCUT2D eigenvalue weighted by molar-refractivity contribution is 8.18. The number of para-hydroxylation sites is 1. The average molecular weight is 499 g/mol. The maximum absolute atomic E-state index is 14.1. The normalized spacial score (nSPS) is 14.6. The molecule has 3 aromatic rings. The molecule has 0 N–H and O–H groups in total. The minimum absolute atomic E-state index is 0.0171. The molecule has 4 rings (SSSR count). The van der Waals surface area contributed by atoms with Crippen molar-refractivity contribution in [3.63, 3.8) is 0 Å². The summed E-state index contributed by atoms with van der Waals surface area (Å²) in [5, 5.41) is 10.4. The van der Waals surface area contributed by atoms with Crippen molar-refractivity contribution in [2.45, 2.75) is 13.2 Å². The molecule has 3 aromatic carbocycles. The van der Waals surface area contributed by atoms with Crippen LogP contribution in [0.5, 0.6) is 5.75 Å². The third-order valence-corrected chi connectivity index (χ3v) is 6.26. The van der Waals surface area contributed by atoms with Gasteiger partial charge in [0.1, 0.15) is 18.2 Å². The molecule has 10 heteroatoms. The van der Waals surface area contributed by atoms with Crippen molar-refractivity contribution in [3.8, 4) is 5.75 Å². The maximum Gasteiger partial charge on any atom is 0.293 e. The highest BCUT2D eigenvalue weighted by Gasteiger charge is 2.36. The number of thioether (sulfide) groups is 1. The summed E-state index contributed by atoms with van der Waals surface area (Å²) in [6.45, 7) is -0.123. The lowest BCUT2D eigenvalue weighted by Gasteiger charge is -2.14. The first kappa shape index (κ1) is 23.5. The topological polar surface area (TPSA) is 89.7 Å². The van der Waals surface area contributed by atoms with Crippen LogP contribution < -0.4 is 4.74 Å². The quantitative estimate of drug-likeness (QED) is 0.219. The fraction of sp³-hybridized carbons (Fsp3) is 0.0833. The smallest absolute Gasteiger partial charge is 0.293 e. The van der Waals surface area contributed by atoms with E-state index in [0.717, 1.165) is 22.2 Å². The molecule has 1 saturated heterocycles. The fourth-order valence-electron chi connectivity index (χ4n) is 3.23. The minimum atomic E-state index is -0.597. The Morgan fingerprint density at radius 2 is 1.79 bits per heavy atom. The largest absolute Gasteiger partial charge is 0.488 e. The predicted molar refractivity (Wildman–Crippen MR) is 127 cm³/mol. The summed E-state index contributed by atoms with van der Waals surface area (Å²) in [5.41, 5.74) is 1.34. The van der Waals surface area contributed by atoms with E-state index in [4.69, 9.17) is 16.3 Å². The maximum atomic E-state index is 14.1. The molecule has 2 amide bonds. The summed E-state index contributed by atoms with van der Waals surface area (Å²) in [5.74, 6) is -0.690. The SMILES string of the molecule is O=C1SC(=Cc2ccccc2OCc2ccc([N+](=O)[O-])cc2)C(=O)N1Cc1c(F)cccc1Cl. The molecule has 1 aliphatic rings. The van der Waals surface area contributed by atoms with Crippen LogP contribution in [0.3, 0.4) is 0 Å². The van der Waals surface area contributed by atoms with Gasteiger partial charge in [0.25, 0.3) is 16.8 Å². The number of halogens is 2. The Labute approximate surface area is 202 Å². The molecular weight excluding hydrogens is 483 g/mol. The summed E-state index contributed by atoms with van der Waals surface area (Å²) >= 11 is 6.79. The molecule has 7 nitrogen and oxygen atoms in total. The van der Waals surface area contributed by atoms with Gasteiger partial charge in [-0.05, 0) is 53.7 Å². The van der Waals surface area contributed by atoms with Crippen LogP contribution in [0.1, 0.15) is 16.7 Å². The van der Waals surface area contributed by atoms with Gasteiger partial charge in [-0.15, -0.1) is 0 Å². The van der Waals surface area contributed by atoms with Crippen LogP contribution in [0.15, 0.2) is 71.6 Å². The van der Waals surface area contributed by atoms with Crippen LogP contribution in [0.4, 0.5) is 14.9 Å². The zero-order valence-electron chi connectivity index (χ0n) is 17.4. The van der Waals surface area contributed by atoms with Gasteiger partial charge in [-0.1, -0.05) is 35.9 Å². The standard InChI is InChI=1S/C24H16ClFN2O5S/c25-19-5-3-6-20(26)18(19)13-27-23(29)22(34-24(27)30)12-16-4-1-2-7-21(16)33-14-15-8-10-17(11-9-15)28(31)32/h1-12H,13-14H2. The molecule has 1 fully saturated rings. The number of hydrogen-bond donors (Lipinski definition) is 0. The Kier molecular flexibility index (Phi) is 6.95. The van der Waals surface area contributed by atoms with E-state index in [9.17, 15) is 24.1 Å². The molecule has 0 unspecified atom stereocenters. The Morgan fingerprint density at radius 1 is 1.06 bits per heavy atom. The second kappa shape index (κ2) is 10.1. The molecule has 34 heavy (non-hydrogen) atoms. The van der Waals surface area contributed by atoms with Gasteiger partial charge in [0.2, 0.25) is 0 Å². The van der Waals surface area contributed by atoms with E-state index >= 15 is 0 Å². The van der Waals surface area contributed by atoms with Crippen molar-refractivity contribution in [2.24, 2.45) is 0 Å². The van der Waals surface area contributed by atoms with Gasteiger partial charge in [0.15, 0.2) is 0 Å². The number of amides is 2. The lowest BCUT2D eigenvalue weighted by Crippen LogP contribution is -2.28. The van der Waals surface area contributed by atoms with Crippen molar-refractivity contribution in [3.05, 3.63) is 109 Å². The Hall–Kier alpha value is -3.69. The Balaban J connectivity index is 1.51. The highest BCUT2D eigenvalue weighted by Crippen LogP contribution is 2.36. The van der Waals surface area contributed by atoms with E-state index in [1.165, 1.54) is 30.3 Å². The van der Waals surface area contributed by atoms with E-state index in [1.807, 2.05) is 0 Å².